The van der Waals surface area contributed by atoms with Gasteiger partial charge in [0.2, 0.25) is 0 Å². The number of fused-ring (bicyclic) bond motifs is 2. The summed E-state index contributed by atoms with van der Waals surface area (Å²) in [5, 5.41) is 0.876. The second-order valence-electron chi connectivity index (χ2n) is 7.52. The molecule has 0 amide bonds. The average molecular weight is 381 g/mol. The number of halogens is 3. The number of rotatable bonds is 2. The van der Waals surface area contributed by atoms with Crippen molar-refractivity contribution in [2.45, 2.75) is 37.5 Å². The Balaban J connectivity index is 1.39. The fourth-order valence-electron chi connectivity index (χ4n) is 4.39. The molecule has 0 spiro atoms. The molecule has 0 bridgehead atoms. The minimum Gasteiger partial charge on any atom is -0.342 e. The molecule has 0 aliphatic heterocycles. The van der Waals surface area contributed by atoms with Crippen LogP contribution in [0.15, 0.2) is 42.6 Å². The Labute approximate surface area is 159 Å². The summed E-state index contributed by atoms with van der Waals surface area (Å²) in [6.45, 7) is 0. The van der Waals surface area contributed by atoms with Gasteiger partial charge in [-0.05, 0) is 61.4 Å². The van der Waals surface area contributed by atoms with Crippen LogP contribution in [0, 0.1) is 17.5 Å². The van der Waals surface area contributed by atoms with Crippen molar-refractivity contribution in [3.05, 3.63) is 71.4 Å². The fraction of sp³-hybridized carbons (Fsp3) is 0.273. The third-order valence-electron chi connectivity index (χ3n) is 5.83. The predicted molar refractivity (Wildman–Crippen MR) is 102 cm³/mol. The molecule has 0 saturated heterocycles. The molecule has 0 radical (unpaired) electrons. The number of pyridine rings is 1. The molecule has 5 rings (SSSR count). The lowest BCUT2D eigenvalue weighted by molar-refractivity contribution is 0.388. The van der Waals surface area contributed by atoms with Crippen molar-refractivity contribution in [1.82, 2.24) is 15.0 Å². The number of hydrogen-bond acceptors (Lipinski definition) is 2. The van der Waals surface area contributed by atoms with Crippen molar-refractivity contribution in [3.63, 3.8) is 0 Å². The Bertz CT molecular complexity index is 1140. The first kappa shape index (κ1) is 17.2. The lowest BCUT2D eigenvalue weighted by Gasteiger charge is -2.28. The van der Waals surface area contributed by atoms with E-state index in [1.165, 1.54) is 6.07 Å². The Hall–Kier alpha value is -2.89. The molecule has 2 aromatic carbocycles. The summed E-state index contributed by atoms with van der Waals surface area (Å²) in [6, 6.07) is 8.99. The molecule has 2 aromatic heterocycles. The van der Waals surface area contributed by atoms with E-state index in [0.29, 0.717) is 17.0 Å². The standard InChI is InChI=1S/C22H18F3N3/c23-14-5-6-19-16(9-14)15(7-8-26-19)12-1-3-13(4-2-12)22-27-20-10-17(24)18(25)11-21(20)28-22/h5-13H,1-4H2,(H,27,28)/t12-,13+. The van der Waals surface area contributed by atoms with Crippen LogP contribution in [-0.4, -0.2) is 15.0 Å². The lowest BCUT2D eigenvalue weighted by Crippen LogP contribution is -2.13. The first-order valence-electron chi connectivity index (χ1n) is 9.47. The Morgan fingerprint density at radius 1 is 0.821 bits per heavy atom. The van der Waals surface area contributed by atoms with Gasteiger partial charge in [-0.1, -0.05) is 0 Å². The smallest absolute Gasteiger partial charge is 0.161 e. The van der Waals surface area contributed by atoms with E-state index in [2.05, 4.69) is 15.0 Å². The summed E-state index contributed by atoms with van der Waals surface area (Å²) < 4.78 is 40.6. The SMILES string of the molecule is Fc1ccc2nccc([C@H]3CC[C@@H](c4nc5cc(F)c(F)cc5[nH]4)CC3)c2c1. The van der Waals surface area contributed by atoms with E-state index in [4.69, 9.17) is 0 Å². The third kappa shape index (κ3) is 2.93. The van der Waals surface area contributed by atoms with Gasteiger partial charge in [-0.25, -0.2) is 18.2 Å². The molecule has 3 nitrogen and oxygen atoms in total. The molecular weight excluding hydrogens is 363 g/mol. The topological polar surface area (TPSA) is 41.6 Å². The van der Waals surface area contributed by atoms with E-state index in [9.17, 15) is 13.2 Å². The van der Waals surface area contributed by atoms with E-state index in [1.54, 1.807) is 18.3 Å². The number of nitrogens with zero attached hydrogens (tertiary/aromatic N) is 2. The second kappa shape index (κ2) is 6.62. The number of hydrogen-bond donors (Lipinski definition) is 1. The molecule has 1 aliphatic carbocycles. The van der Waals surface area contributed by atoms with Crippen LogP contribution < -0.4 is 0 Å². The van der Waals surface area contributed by atoms with Crippen LogP contribution >= 0.6 is 0 Å². The first-order chi connectivity index (χ1) is 13.6. The van der Waals surface area contributed by atoms with Crippen molar-refractivity contribution in [3.8, 4) is 0 Å². The summed E-state index contributed by atoms with van der Waals surface area (Å²) in [4.78, 5) is 12.0. The van der Waals surface area contributed by atoms with Crippen LogP contribution in [0.2, 0.25) is 0 Å². The van der Waals surface area contributed by atoms with Gasteiger partial charge in [0, 0.05) is 29.6 Å². The Kier molecular flexibility index (Phi) is 4.07. The molecule has 2 heterocycles. The summed E-state index contributed by atoms with van der Waals surface area (Å²) in [6.07, 6.45) is 5.49. The second-order valence-corrected chi connectivity index (χ2v) is 7.52. The molecule has 0 atom stereocenters. The number of aromatic amines is 1. The maximum absolute atomic E-state index is 13.7. The number of benzene rings is 2. The third-order valence-corrected chi connectivity index (χ3v) is 5.83. The van der Waals surface area contributed by atoms with Gasteiger partial charge < -0.3 is 4.98 Å². The van der Waals surface area contributed by atoms with Crippen molar-refractivity contribution >= 4 is 21.9 Å². The highest BCUT2D eigenvalue weighted by Gasteiger charge is 2.27. The van der Waals surface area contributed by atoms with E-state index < -0.39 is 11.6 Å². The highest BCUT2D eigenvalue weighted by molar-refractivity contribution is 5.82. The van der Waals surface area contributed by atoms with E-state index in [-0.39, 0.29) is 11.7 Å². The van der Waals surface area contributed by atoms with Gasteiger partial charge in [0.25, 0.3) is 0 Å². The van der Waals surface area contributed by atoms with E-state index in [0.717, 1.165) is 60.1 Å². The minimum atomic E-state index is -0.883. The normalized spacial score (nSPS) is 20.1. The molecule has 0 unspecified atom stereocenters. The number of imidazole rings is 1. The van der Waals surface area contributed by atoms with Crippen LogP contribution in [-0.2, 0) is 0 Å². The quantitative estimate of drug-likeness (QED) is 0.465. The lowest BCUT2D eigenvalue weighted by atomic mass is 9.77. The van der Waals surface area contributed by atoms with Crippen molar-refractivity contribution in [1.29, 1.82) is 0 Å². The van der Waals surface area contributed by atoms with Gasteiger partial charge in [0.15, 0.2) is 11.6 Å². The van der Waals surface area contributed by atoms with Gasteiger partial charge >= 0.3 is 0 Å². The number of H-pyrrole nitrogens is 1. The zero-order valence-electron chi connectivity index (χ0n) is 15.1. The molecule has 142 valence electrons. The number of aromatic nitrogens is 3. The monoisotopic (exact) mass is 381 g/mol. The van der Waals surface area contributed by atoms with Crippen LogP contribution in [0.1, 0.15) is 48.9 Å². The Morgan fingerprint density at radius 3 is 2.39 bits per heavy atom. The molecule has 1 aliphatic rings. The van der Waals surface area contributed by atoms with Gasteiger partial charge in [0.1, 0.15) is 11.6 Å². The van der Waals surface area contributed by atoms with Crippen molar-refractivity contribution in [2.24, 2.45) is 0 Å². The molecule has 28 heavy (non-hydrogen) atoms. The summed E-state index contributed by atoms with van der Waals surface area (Å²) >= 11 is 0. The van der Waals surface area contributed by atoms with Gasteiger partial charge in [-0.3, -0.25) is 4.98 Å². The largest absolute Gasteiger partial charge is 0.342 e. The van der Waals surface area contributed by atoms with E-state index >= 15 is 0 Å². The van der Waals surface area contributed by atoms with Crippen LogP contribution in [0.4, 0.5) is 13.2 Å². The van der Waals surface area contributed by atoms with Crippen molar-refractivity contribution < 1.29 is 13.2 Å². The molecular formula is C22H18F3N3. The molecule has 4 aromatic rings. The summed E-state index contributed by atoms with van der Waals surface area (Å²) in [7, 11) is 0. The first-order valence-corrected chi connectivity index (χ1v) is 9.47. The van der Waals surface area contributed by atoms with Crippen LogP contribution in [0.5, 0.6) is 0 Å². The fourth-order valence-corrected chi connectivity index (χ4v) is 4.39. The van der Waals surface area contributed by atoms with Gasteiger partial charge in [0.05, 0.1) is 16.6 Å². The van der Waals surface area contributed by atoms with Gasteiger partial charge in [-0.15, -0.1) is 0 Å². The van der Waals surface area contributed by atoms with E-state index in [1.807, 2.05) is 6.07 Å². The summed E-state index contributed by atoms with van der Waals surface area (Å²) in [5.74, 6) is -0.669. The highest BCUT2D eigenvalue weighted by Crippen LogP contribution is 2.41. The Morgan fingerprint density at radius 2 is 1.57 bits per heavy atom. The predicted octanol–water partition coefficient (Wildman–Crippen LogP) is 5.97. The van der Waals surface area contributed by atoms with Crippen molar-refractivity contribution in [2.75, 3.05) is 0 Å². The molecule has 6 heteroatoms. The molecule has 1 fully saturated rings. The average Bonchev–Trinajstić information content (AvgIpc) is 3.10. The number of nitrogens with one attached hydrogen (secondary N) is 1. The van der Waals surface area contributed by atoms with Gasteiger partial charge in [-0.2, -0.15) is 0 Å². The maximum atomic E-state index is 13.7. The molecule has 1 N–H and O–H groups in total. The zero-order chi connectivity index (χ0) is 19.3. The maximum Gasteiger partial charge on any atom is 0.161 e. The highest BCUT2D eigenvalue weighted by atomic mass is 19.2. The van der Waals surface area contributed by atoms with Crippen LogP contribution in [0.3, 0.4) is 0 Å². The summed E-state index contributed by atoms with van der Waals surface area (Å²) in [5.41, 5.74) is 2.91. The molecule has 1 saturated carbocycles. The minimum absolute atomic E-state index is 0.222. The van der Waals surface area contributed by atoms with Crippen LogP contribution in [0.25, 0.3) is 21.9 Å². The zero-order valence-corrected chi connectivity index (χ0v) is 15.1.